The molecule has 0 saturated carbocycles. The van der Waals surface area contributed by atoms with Gasteiger partial charge in [-0.15, -0.1) is 0 Å². The van der Waals surface area contributed by atoms with E-state index in [1.54, 1.807) is 6.20 Å². The average molecular weight is 274 g/mol. The molecular formula is C18H14N2O. The van der Waals surface area contributed by atoms with Crippen molar-refractivity contribution < 1.29 is 4.74 Å². The molecule has 0 fully saturated rings. The molecule has 0 spiro atoms. The van der Waals surface area contributed by atoms with Gasteiger partial charge in [0, 0.05) is 22.7 Å². The molecule has 0 aliphatic heterocycles. The fraction of sp³-hybridized carbons (Fsp3) is 0.111. The van der Waals surface area contributed by atoms with Gasteiger partial charge in [-0.3, -0.25) is 0 Å². The molecule has 0 unspecified atom stereocenters. The van der Waals surface area contributed by atoms with E-state index in [1.165, 1.54) is 0 Å². The predicted molar refractivity (Wildman–Crippen MR) is 83.1 cm³/mol. The summed E-state index contributed by atoms with van der Waals surface area (Å²) in [6, 6.07) is 17.8. The number of benzene rings is 2. The van der Waals surface area contributed by atoms with E-state index in [1.807, 2.05) is 55.5 Å². The van der Waals surface area contributed by atoms with Gasteiger partial charge in [0.05, 0.1) is 18.2 Å². The highest BCUT2D eigenvalue weighted by atomic mass is 16.5. The van der Waals surface area contributed by atoms with E-state index in [0.717, 1.165) is 21.9 Å². The minimum atomic E-state index is 0.575. The first kappa shape index (κ1) is 13.1. The number of nitrogens with zero attached hydrogens (tertiary/aromatic N) is 2. The second kappa shape index (κ2) is 5.64. The van der Waals surface area contributed by atoms with Crippen LogP contribution in [0.15, 0.2) is 54.7 Å². The molecule has 0 N–H and O–H groups in total. The first-order valence-corrected chi connectivity index (χ1v) is 6.85. The highest BCUT2D eigenvalue weighted by molar-refractivity contribution is 5.99. The van der Waals surface area contributed by atoms with Gasteiger partial charge in [-0.1, -0.05) is 36.4 Å². The third-order valence-electron chi connectivity index (χ3n) is 3.38. The molecule has 3 nitrogen and oxygen atoms in total. The third-order valence-corrected chi connectivity index (χ3v) is 3.38. The third kappa shape index (κ3) is 2.32. The van der Waals surface area contributed by atoms with Crippen LogP contribution in [0.3, 0.4) is 0 Å². The standard InChI is InChI=1S/C18H14N2O/c1-2-21-18-16-10-6-5-9-15(16)17(12-20-18)14-8-4-3-7-13(14)11-19/h3-10,12H,2H2,1H3. The van der Waals surface area contributed by atoms with Crippen LogP contribution in [0.1, 0.15) is 12.5 Å². The van der Waals surface area contributed by atoms with Gasteiger partial charge in [-0.25, -0.2) is 4.98 Å². The van der Waals surface area contributed by atoms with Crippen LogP contribution < -0.4 is 4.74 Å². The van der Waals surface area contributed by atoms with Gasteiger partial charge in [-0.2, -0.15) is 5.26 Å². The molecule has 1 heterocycles. The maximum absolute atomic E-state index is 9.30. The Bertz CT molecular complexity index is 834. The van der Waals surface area contributed by atoms with E-state index in [-0.39, 0.29) is 0 Å². The highest BCUT2D eigenvalue weighted by Gasteiger charge is 2.12. The van der Waals surface area contributed by atoms with E-state index in [4.69, 9.17) is 4.74 Å². The first-order chi connectivity index (χ1) is 10.3. The zero-order valence-corrected chi connectivity index (χ0v) is 11.7. The summed E-state index contributed by atoms with van der Waals surface area (Å²) in [5.41, 5.74) is 2.49. The van der Waals surface area contributed by atoms with Crippen LogP contribution in [0.4, 0.5) is 0 Å². The monoisotopic (exact) mass is 274 g/mol. The Balaban J connectivity index is 2.30. The largest absolute Gasteiger partial charge is 0.478 e. The zero-order valence-electron chi connectivity index (χ0n) is 11.7. The van der Waals surface area contributed by atoms with Crippen molar-refractivity contribution in [2.24, 2.45) is 0 Å². The number of nitriles is 1. The Kier molecular flexibility index (Phi) is 3.53. The Labute approximate surface area is 123 Å². The number of hydrogen-bond donors (Lipinski definition) is 0. The van der Waals surface area contributed by atoms with Crippen LogP contribution in [0.25, 0.3) is 21.9 Å². The summed E-state index contributed by atoms with van der Waals surface area (Å²) in [7, 11) is 0. The number of hydrogen-bond acceptors (Lipinski definition) is 3. The normalized spacial score (nSPS) is 10.3. The van der Waals surface area contributed by atoms with Crippen molar-refractivity contribution in [1.29, 1.82) is 5.26 Å². The SMILES string of the molecule is CCOc1ncc(-c2ccccc2C#N)c2ccccc12. The lowest BCUT2D eigenvalue weighted by atomic mass is 9.97. The van der Waals surface area contributed by atoms with Gasteiger partial charge >= 0.3 is 0 Å². The average Bonchev–Trinajstić information content (AvgIpc) is 2.55. The fourth-order valence-corrected chi connectivity index (χ4v) is 2.45. The maximum atomic E-state index is 9.30. The Morgan fingerprint density at radius 1 is 1.00 bits per heavy atom. The lowest BCUT2D eigenvalue weighted by Gasteiger charge is -2.11. The molecule has 21 heavy (non-hydrogen) atoms. The van der Waals surface area contributed by atoms with Crippen molar-refractivity contribution in [1.82, 2.24) is 4.98 Å². The lowest BCUT2D eigenvalue weighted by molar-refractivity contribution is 0.331. The molecule has 0 aliphatic rings. The molecule has 2 aromatic carbocycles. The van der Waals surface area contributed by atoms with Gasteiger partial charge in [-0.05, 0) is 24.4 Å². The molecule has 102 valence electrons. The van der Waals surface area contributed by atoms with Crippen LogP contribution >= 0.6 is 0 Å². The van der Waals surface area contributed by atoms with E-state index < -0.39 is 0 Å². The summed E-state index contributed by atoms with van der Waals surface area (Å²) in [5, 5.41) is 11.3. The van der Waals surface area contributed by atoms with Gasteiger partial charge < -0.3 is 4.74 Å². The highest BCUT2D eigenvalue weighted by Crippen LogP contribution is 2.33. The molecule has 0 aliphatic carbocycles. The van der Waals surface area contributed by atoms with Crippen LogP contribution in [-0.2, 0) is 0 Å². The van der Waals surface area contributed by atoms with Crippen molar-refractivity contribution in [2.45, 2.75) is 6.92 Å². The number of aromatic nitrogens is 1. The van der Waals surface area contributed by atoms with E-state index in [0.29, 0.717) is 18.1 Å². The zero-order chi connectivity index (χ0) is 14.7. The molecule has 0 atom stereocenters. The van der Waals surface area contributed by atoms with Crippen molar-refractivity contribution in [3.05, 3.63) is 60.3 Å². The van der Waals surface area contributed by atoms with Crippen molar-refractivity contribution >= 4 is 10.8 Å². The molecule has 0 amide bonds. The Hall–Kier alpha value is -2.86. The van der Waals surface area contributed by atoms with Gasteiger partial charge in [0.25, 0.3) is 0 Å². The second-order valence-electron chi connectivity index (χ2n) is 4.61. The summed E-state index contributed by atoms with van der Waals surface area (Å²) in [6.07, 6.45) is 1.78. The molecule has 1 aromatic heterocycles. The van der Waals surface area contributed by atoms with E-state index in [2.05, 4.69) is 11.1 Å². The first-order valence-electron chi connectivity index (χ1n) is 6.85. The topological polar surface area (TPSA) is 45.9 Å². The number of pyridine rings is 1. The number of rotatable bonds is 3. The molecule has 3 aromatic rings. The minimum absolute atomic E-state index is 0.575. The van der Waals surface area contributed by atoms with Crippen molar-refractivity contribution in [2.75, 3.05) is 6.61 Å². The van der Waals surface area contributed by atoms with Crippen LogP contribution in [0, 0.1) is 11.3 Å². The van der Waals surface area contributed by atoms with Crippen LogP contribution in [0.5, 0.6) is 5.88 Å². The van der Waals surface area contributed by atoms with Gasteiger partial charge in [0.15, 0.2) is 0 Å². The molecule has 0 saturated heterocycles. The lowest BCUT2D eigenvalue weighted by Crippen LogP contribution is -1.96. The summed E-state index contributed by atoms with van der Waals surface area (Å²) < 4.78 is 5.59. The van der Waals surface area contributed by atoms with Crippen LogP contribution in [0.2, 0.25) is 0 Å². The molecule has 3 rings (SSSR count). The van der Waals surface area contributed by atoms with Gasteiger partial charge in [0.2, 0.25) is 5.88 Å². The molecule has 0 radical (unpaired) electrons. The summed E-state index contributed by atoms with van der Waals surface area (Å²) in [4.78, 5) is 4.42. The van der Waals surface area contributed by atoms with Crippen molar-refractivity contribution in [3.8, 4) is 23.1 Å². The summed E-state index contributed by atoms with van der Waals surface area (Å²) in [6.45, 7) is 2.51. The number of ether oxygens (including phenoxy) is 1. The second-order valence-corrected chi connectivity index (χ2v) is 4.61. The quantitative estimate of drug-likeness (QED) is 0.720. The van der Waals surface area contributed by atoms with Crippen molar-refractivity contribution in [3.63, 3.8) is 0 Å². The predicted octanol–water partition coefficient (Wildman–Crippen LogP) is 4.17. The Morgan fingerprint density at radius 2 is 1.71 bits per heavy atom. The minimum Gasteiger partial charge on any atom is -0.478 e. The smallest absolute Gasteiger partial charge is 0.221 e. The summed E-state index contributed by atoms with van der Waals surface area (Å²) >= 11 is 0. The van der Waals surface area contributed by atoms with E-state index in [9.17, 15) is 5.26 Å². The Morgan fingerprint density at radius 3 is 2.48 bits per heavy atom. The molecule has 0 bridgehead atoms. The van der Waals surface area contributed by atoms with Crippen LogP contribution in [-0.4, -0.2) is 11.6 Å². The molecule has 3 heteroatoms. The van der Waals surface area contributed by atoms with E-state index >= 15 is 0 Å². The summed E-state index contributed by atoms with van der Waals surface area (Å²) in [5.74, 6) is 0.631. The molecular weight excluding hydrogens is 260 g/mol. The van der Waals surface area contributed by atoms with Gasteiger partial charge in [0.1, 0.15) is 0 Å². The maximum Gasteiger partial charge on any atom is 0.221 e. The fourth-order valence-electron chi connectivity index (χ4n) is 2.45. The number of fused-ring (bicyclic) bond motifs is 1.